The van der Waals surface area contributed by atoms with E-state index in [4.69, 9.17) is 10.5 Å². The molecule has 1 aromatic heterocycles. The number of nitrogens with two attached hydrogens (primary N) is 1. The Bertz CT molecular complexity index is 707. The van der Waals surface area contributed by atoms with Gasteiger partial charge in [-0.25, -0.2) is 4.98 Å². The number of likely N-dealkylation sites (N-methyl/N-ethyl adjacent to an activating group) is 1. The van der Waals surface area contributed by atoms with Crippen molar-refractivity contribution in [1.29, 1.82) is 0 Å². The first-order chi connectivity index (χ1) is 11.1. The normalized spacial score (nSPS) is 18.3. The van der Waals surface area contributed by atoms with Gasteiger partial charge in [0.2, 0.25) is 0 Å². The smallest absolute Gasteiger partial charge is 0.253 e. The summed E-state index contributed by atoms with van der Waals surface area (Å²) in [5, 5.41) is 0.538. The van der Waals surface area contributed by atoms with Gasteiger partial charge >= 0.3 is 0 Å². The molecule has 0 unspecified atom stereocenters. The highest BCUT2D eigenvalue weighted by Gasteiger charge is 2.22. The summed E-state index contributed by atoms with van der Waals surface area (Å²) >= 11 is 1.42. The van der Waals surface area contributed by atoms with E-state index in [0.29, 0.717) is 23.8 Å². The summed E-state index contributed by atoms with van der Waals surface area (Å²) in [5.41, 5.74) is 8.38. The molecule has 0 bridgehead atoms. The van der Waals surface area contributed by atoms with Crippen LogP contribution in [0.5, 0.6) is 0 Å². The molecule has 1 amide bonds. The van der Waals surface area contributed by atoms with E-state index in [0.717, 1.165) is 35.2 Å². The zero-order valence-electron chi connectivity index (χ0n) is 13.7. The molecule has 2 N–H and O–H groups in total. The molecule has 1 aliphatic heterocycles. The Labute approximate surface area is 140 Å². The zero-order chi connectivity index (χ0) is 16.4. The van der Waals surface area contributed by atoms with E-state index in [2.05, 4.69) is 4.98 Å². The van der Waals surface area contributed by atoms with Crippen molar-refractivity contribution in [1.82, 2.24) is 9.88 Å². The number of ether oxygens (including phenoxy) is 1. The predicted octanol–water partition coefficient (Wildman–Crippen LogP) is 3.22. The van der Waals surface area contributed by atoms with Crippen LogP contribution in [0.4, 0.5) is 5.13 Å². The molecule has 124 valence electrons. The van der Waals surface area contributed by atoms with E-state index in [1.165, 1.54) is 17.8 Å². The second-order valence-corrected chi connectivity index (χ2v) is 7.09. The third-order valence-electron chi connectivity index (χ3n) is 4.32. The number of carbonyl (C=O) groups excluding carboxylic acids is 1. The van der Waals surface area contributed by atoms with Gasteiger partial charge in [-0.3, -0.25) is 4.79 Å². The number of fused-ring (bicyclic) bond motifs is 1. The first-order valence-electron chi connectivity index (χ1n) is 8.16. The summed E-state index contributed by atoms with van der Waals surface area (Å²) in [5.74, 6) is 0.0543. The van der Waals surface area contributed by atoms with Crippen LogP contribution in [0.3, 0.4) is 0 Å². The Morgan fingerprint density at radius 2 is 2.30 bits per heavy atom. The highest BCUT2D eigenvalue weighted by atomic mass is 32.1. The van der Waals surface area contributed by atoms with Crippen molar-refractivity contribution < 1.29 is 9.53 Å². The van der Waals surface area contributed by atoms with Crippen LogP contribution in [-0.4, -0.2) is 41.6 Å². The lowest BCUT2D eigenvalue weighted by molar-refractivity contribution is -0.00311. The maximum Gasteiger partial charge on any atom is 0.253 e. The monoisotopic (exact) mass is 333 g/mol. The van der Waals surface area contributed by atoms with Crippen LogP contribution in [0, 0.1) is 6.92 Å². The Morgan fingerprint density at radius 3 is 3.00 bits per heavy atom. The number of nitrogen functional groups attached to an aromatic ring is 1. The van der Waals surface area contributed by atoms with Crippen LogP contribution < -0.4 is 5.73 Å². The molecule has 1 atom stereocenters. The lowest BCUT2D eigenvalue weighted by atomic mass is 10.1. The fraction of sp³-hybridized carbons (Fsp3) is 0.529. The van der Waals surface area contributed by atoms with Gasteiger partial charge < -0.3 is 15.4 Å². The molecule has 1 fully saturated rings. The number of hydrogen-bond donors (Lipinski definition) is 1. The molecular formula is C17H23N3O2S. The quantitative estimate of drug-likeness (QED) is 0.933. The van der Waals surface area contributed by atoms with Crippen molar-refractivity contribution in [2.75, 3.05) is 25.4 Å². The first-order valence-corrected chi connectivity index (χ1v) is 8.97. The molecule has 6 heteroatoms. The number of thiazole rings is 1. The van der Waals surface area contributed by atoms with Crippen LogP contribution in [0.1, 0.15) is 42.1 Å². The number of benzene rings is 1. The van der Waals surface area contributed by atoms with Crippen molar-refractivity contribution in [3.05, 3.63) is 23.3 Å². The molecule has 0 saturated carbocycles. The van der Waals surface area contributed by atoms with E-state index < -0.39 is 0 Å². The zero-order valence-corrected chi connectivity index (χ0v) is 14.5. The van der Waals surface area contributed by atoms with Crippen molar-refractivity contribution in [2.45, 2.75) is 39.2 Å². The summed E-state index contributed by atoms with van der Waals surface area (Å²) in [6.45, 7) is 6.13. The van der Waals surface area contributed by atoms with Crippen LogP contribution >= 0.6 is 11.3 Å². The molecule has 5 nitrogen and oxygen atoms in total. The third-order valence-corrected chi connectivity index (χ3v) is 5.15. The molecule has 0 spiro atoms. The number of carbonyl (C=O) groups is 1. The lowest BCUT2D eigenvalue weighted by Crippen LogP contribution is -2.39. The summed E-state index contributed by atoms with van der Waals surface area (Å²) in [7, 11) is 0. The minimum Gasteiger partial charge on any atom is -0.376 e. The number of nitrogens with zero attached hydrogens (tertiary/aromatic N) is 2. The van der Waals surface area contributed by atoms with Gasteiger partial charge in [-0.1, -0.05) is 11.3 Å². The number of amides is 1. The van der Waals surface area contributed by atoms with Gasteiger partial charge in [-0.15, -0.1) is 0 Å². The maximum absolute atomic E-state index is 12.9. The van der Waals surface area contributed by atoms with Crippen molar-refractivity contribution >= 4 is 32.6 Å². The number of aryl methyl sites for hydroxylation is 1. The molecule has 3 rings (SSSR count). The largest absolute Gasteiger partial charge is 0.376 e. The highest BCUT2D eigenvalue weighted by molar-refractivity contribution is 7.22. The van der Waals surface area contributed by atoms with E-state index in [1.54, 1.807) is 0 Å². The van der Waals surface area contributed by atoms with Crippen LogP contribution in [-0.2, 0) is 4.74 Å². The molecule has 2 aromatic rings. The topological polar surface area (TPSA) is 68.5 Å². The lowest BCUT2D eigenvalue weighted by Gasteiger charge is -2.29. The Morgan fingerprint density at radius 1 is 1.48 bits per heavy atom. The van der Waals surface area contributed by atoms with E-state index in [9.17, 15) is 4.79 Å². The van der Waals surface area contributed by atoms with E-state index in [-0.39, 0.29) is 12.0 Å². The van der Waals surface area contributed by atoms with Gasteiger partial charge in [0, 0.05) is 25.3 Å². The number of anilines is 1. The summed E-state index contributed by atoms with van der Waals surface area (Å²) in [4.78, 5) is 19.1. The molecule has 1 aromatic carbocycles. The Kier molecular flexibility index (Phi) is 4.82. The average molecular weight is 333 g/mol. The number of aromatic nitrogens is 1. The molecule has 2 heterocycles. The van der Waals surface area contributed by atoms with Gasteiger partial charge in [0.25, 0.3) is 5.91 Å². The average Bonchev–Trinajstić information content (AvgIpc) is 2.94. The summed E-state index contributed by atoms with van der Waals surface area (Å²) < 4.78 is 6.74. The summed E-state index contributed by atoms with van der Waals surface area (Å²) in [6, 6.07) is 3.82. The summed E-state index contributed by atoms with van der Waals surface area (Å²) in [6.07, 6.45) is 3.50. The molecule has 1 saturated heterocycles. The molecule has 0 radical (unpaired) electrons. The number of hydrogen-bond acceptors (Lipinski definition) is 5. The number of rotatable bonds is 4. The molecule has 23 heavy (non-hydrogen) atoms. The van der Waals surface area contributed by atoms with Gasteiger partial charge in [-0.2, -0.15) is 0 Å². The molecular weight excluding hydrogens is 310 g/mol. The fourth-order valence-corrected chi connectivity index (χ4v) is 3.92. The SMILES string of the molecule is CCN(C[C@H]1CCCCO1)C(=O)c1cc(C)c2nc(N)sc2c1. The Hall–Kier alpha value is -1.66. The minimum absolute atomic E-state index is 0.0543. The fourth-order valence-electron chi connectivity index (χ4n) is 3.07. The van der Waals surface area contributed by atoms with Gasteiger partial charge in [0.1, 0.15) is 0 Å². The van der Waals surface area contributed by atoms with Crippen LogP contribution in [0.25, 0.3) is 10.2 Å². The van der Waals surface area contributed by atoms with Crippen LogP contribution in [0.2, 0.25) is 0 Å². The Balaban J connectivity index is 1.82. The molecule has 0 aliphatic carbocycles. The highest BCUT2D eigenvalue weighted by Crippen LogP contribution is 2.28. The van der Waals surface area contributed by atoms with Gasteiger partial charge in [0.15, 0.2) is 5.13 Å². The standard InChI is InChI=1S/C17H23N3O2S/c1-3-20(10-13-6-4-5-7-22-13)16(21)12-8-11(2)15-14(9-12)23-17(18)19-15/h8-9,13H,3-7,10H2,1-2H3,(H2,18,19)/t13-/m1/s1. The van der Waals surface area contributed by atoms with Crippen molar-refractivity contribution in [2.24, 2.45) is 0 Å². The van der Waals surface area contributed by atoms with Gasteiger partial charge in [-0.05, 0) is 50.8 Å². The van der Waals surface area contributed by atoms with Crippen molar-refractivity contribution in [3.8, 4) is 0 Å². The minimum atomic E-state index is 0.0543. The predicted molar refractivity (Wildman–Crippen MR) is 93.9 cm³/mol. The van der Waals surface area contributed by atoms with Crippen molar-refractivity contribution in [3.63, 3.8) is 0 Å². The molecule has 1 aliphatic rings. The third kappa shape index (κ3) is 3.48. The van der Waals surface area contributed by atoms with E-state index >= 15 is 0 Å². The van der Waals surface area contributed by atoms with E-state index in [1.807, 2.05) is 30.9 Å². The maximum atomic E-state index is 12.9. The second-order valence-electron chi connectivity index (χ2n) is 6.02. The second kappa shape index (κ2) is 6.84. The first kappa shape index (κ1) is 16.2. The van der Waals surface area contributed by atoms with Crippen LogP contribution in [0.15, 0.2) is 12.1 Å². The van der Waals surface area contributed by atoms with Gasteiger partial charge in [0.05, 0.1) is 16.3 Å².